The molecule has 2 aliphatic carbocycles. The third-order valence-electron chi connectivity index (χ3n) is 14.1. The van der Waals surface area contributed by atoms with Crippen molar-refractivity contribution in [2.75, 3.05) is 9.80 Å². The summed E-state index contributed by atoms with van der Waals surface area (Å²) in [4.78, 5) is 5.10. The predicted octanol–water partition coefficient (Wildman–Crippen LogP) is 13.2. The van der Waals surface area contributed by atoms with Gasteiger partial charge in [-0.25, -0.2) is 0 Å². The molecule has 0 atom stereocenters. The molecule has 2 aliphatic heterocycles. The van der Waals surface area contributed by atoms with Gasteiger partial charge in [0.15, 0.2) is 0 Å². The van der Waals surface area contributed by atoms with Crippen molar-refractivity contribution in [3.05, 3.63) is 209 Å². The van der Waals surface area contributed by atoms with Crippen LogP contribution in [-0.2, 0) is 10.8 Å². The lowest BCUT2D eigenvalue weighted by Gasteiger charge is -2.43. The van der Waals surface area contributed by atoms with Gasteiger partial charge in [-0.15, -0.1) is 11.3 Å². The van der Waals surface area contributed by atoms with Crippen LogP contribution in [0.4, 0.5) is 34.1 Å². The van der Waals surface area contributed by atoms with Crippen molar-refractivity contribution in [3.8, 4) is 22.3 Å². The lowest BCUT2D eigenvalue weighted by Crippen LogP contribution is -2.60. The minimum absolute atomic E-state index is 0.00729. The van der Waals surface area contributed by atoms with E-state index in [1.165, 1.54) is 121 Å². The van der Waals surface area contributed by atoms with E-state index in [0.717, 1.165) is 0 Å². The molecule has 0 saturated heterocycles. The maximum Gasteiger partial charge on any atom is 0.264 e. The SMILES string of the molecule is Cc1ccc(N2c3cc(C)cc4c3B(c3ccccc3N4c3ccccc3)c3sc4cc5c(cc4c32)-c2ccc(C(C)(C)C)cc2C52c3ccccc3-c3ccccc32)cc1. The topological polar surface area (TPSA) is 6.48 Å². The van der Waals surface area contributed by atoms with Crippen LogP contribution < -0.4 is 25.5 Å². The lowest BCUT2D eigenvalue weighted by atomic mass is 9.36. The maximum atomic E-state index is 2.61. The number of rotatable bonds is 2. The maximum absolute atomic E-state index is 2.61. The van der Waals surface area contributed by atoms with Crippen LogP contribution in [0.15, 0.2) is 170 Å². The normalized spacial score (nSPS) is 14.7. The second-order valence-corrected chi connectivity index (χ2v) is 19.7. The number of thiophene rings is 1. The van der Waals surface area contributed by atoms with Crippen LogP contribution in [0.5, 0.6) is 0 Å². The number of hydrogen-bond acceptors (Lipinski definition) is 3. The minimum Gasteiger partial charge on any atom is -0.311 e. The Hall–Kier alpha value is -6.62. The molecule has 8 aromatic carbocycles. The molecule has 9 aromatic rings. The molecule has 4 aliphatic rings. The second kappa shape index (κ2) is 12.2. The van der Waals surface area contributed by atoms with Gasteiger partial charge in [0.1, 0.15) is 0 Å². The molecule has 1 aromatic heterocycles. The molecule has 13 rings (SSSR count). The Bertz CT molecular complexity index is 3290. The molecular formula is C57H43BN2S. The highest BCUT2D eigenvalue weighted by atomic mass is 32.1. The zero-order valence-electron chi connectivity index (χ0n) is 35.0. The van der Waals surface area contributed by atoms with E-state index in [0.29, 0.717) is 0 Å². The summed E-state index contributed by atoms with van der Waals surface area (Å²) in [6.45, 7) is 11.6. The zero-order valence-corrected chi connectivity index (χ0v) is 35.9. The van der Waals surface area contributed by atoms with Gasteiger partial charge in [-0.2, -0.15) is 0 Å². The fourth-order valence-electron chi connectivity index (χ4n) is 11.5. The fourth-order valence-corrected chi connectivity index (χ4v) is 12.8. The summed E-state index contributed by atoms with van der Waals surface area (Å²) < 4.78 is 2.74. The summed E-state index contributed by atoms with van der Waals surface area (Å²) in [7, 11) is 0. The first-order chi connectivity index (χ1) is 29.7. The lowest BCUT2D eigenvalue weighted by molar-refractivity contribution is 0.588. The minimum atomic E-state index is -0.421. The Morgan fingerprint density at radius 1 is 0.492 bits per heavy atom. The van der Waals surface area contributed by atoms with Crippen molar-refractivity contribution in [1.82, 2.24) is 0 Å². The van der Waals surface area contributed by atoms with E-state index in [9.17, 15) is 0 Å². The number of hydrogen-bond donors (Lipinski definition) is 0. The van der Waals surface area contributed by atoms with E-state index in [1.54, 1.807) is 0 Å². The van der Waals surface area contributed by atoms with Crippen LogP contribution in [0.2, 0.25) is 0 Å². The summed E-state index contributed by atoms with van der Waals surface area (Å²) >= 11 is 2.00. The van der Waals surface area contributed by atoms with Gasteiger partial charge in [0, 0.05) is 43.3 Å². The Morgan fingerprint density at radius 2 is 1.10 bits per heavy atom. The first-order valence-electron chi connectivity index (χ1n) is 21.6. The quantitative estimate of drug-likeness (QED) is 0.161. The van der Waals surface area contributed by atoms with E-state index in [1.807, 2.05) is 11.3 Å². The molecule has 0 saturated carbocycles. The Kier molecular flexibility index (Phi) is 7.06. The number of anilines is 6. The molecule has 290 valence electrons. The smallest absolute Gasteiger partial charge is 0.264 e. The molecule has 0 N–H and O–H groups in total. The molecule has 0 bridgehead atoms. The van der Waals surface area contributed by atoms with Crippen LogP contribution >= 0.6 is 11.3 Å². The summed E-state index contributed by atoms with van der Waals surface area (Å²) in [6.07, 6.45) is 0. The fraction of sp³-hybridized carbons (Fsp3) is 0.123. The van der Waals surface area contributed by atoms with Crippen molar-refractivity contribution < 1.29 is 0 Å². The van der Waals surface area contributed by atoms with E-state index >= 15 is 0 Å². The molecule has 0 unspecified atom stereocenters. The standard InChI is InChI=1S/C57H43BN2S/c1-34-23-26-38(27-24-34)60-51-30-35(2)29-50-53(51)58(48-21-13-14-22-49(48)59(50)37-15-7-6-8-16-37)55-54(60)43-32-42-41-28-25-36(56(3,4)5)31-46(41)57(47(42)33-52(43)61-55)44-19-11-9-17-39(44)40-18-10-12-20-45(40)57/h6-33H,1-5H3. The molecule has 1 spiro atoms. The number of fused-ring (bicyclic) bond motifs is 16. The summed E-state index contributed by atoms with van der Waals surface area (Å²) in [5.41, 5.74) is 24.6. The van der Waals surface area contributed by atoms with E-state index in [2.05, 4.69) is 214 Å². The molecule has 2 nitrogen and oxygen atoms in total. The van der Waals surface area contributed by atoms with Crippen molar-refractivity contribution >= 4 is 78.0 Å². The molecule has 3 heterocycles. The van der Waals surface area contributed by atoms with Crippen molar-refractivity contribution in [2.24, 2.45) is 0 Å². The van der Waals surface area contributed by atoms with E-state index in [4.69, 9.17) is 0 Å². The Morgan fingerprint density at radius 3 is 1.82 bits per heavy atom. The van der Waals surface area contributed by atoms with Crippen LogP contribution in [0, 0.1) is 13.8 Å². The number of para-hydroxylation sites is 2. The summed E-state index contributed by atoms with van der Waals surface area (Å²) in [5.74, 6) is 0. The van der Waals surface area contributed by atoms with Gasteiger partial charge in [0.2, 0.25) is 0 Å². The average molecular weight is 799 g/mol. The van der Waals surface area contributed by atoms with Crippen LogP contribution in [0.1, 0.15) is 59.7 Å². The summed E-state index contributed by atoms with van der Waals surface area (Å²) in [6, 6.07) is 65.0. The van der Waals surface area contributed by atoms with Gasteiger partial charge in [-0.1, -0.05) is 142 Å². The first kappa shape index (κ1) is 35.2. The van der Waals surface area contributed by atoms with Crippen molar-refractivity contribution in [1.29, 1.82) is 0 Å². The molecule has 0 radical (unpaired) electrons. The first-order valence-corrected chi connectivity index (χ1v) is 22.4. The van der Waals surface area contributed by atoms with E-state index in [-0.39, 0.29) is 12.1 Å². The van der Waals surface area contributed by atoms with Crippen molar-refractivity contribution in [3.63, 3.8) is 0 Å². The van der Waals surface area contributed by atoms with Gasteiger partial charge in [0.05, 0.1) is 11.1 Å². The van der Waals surface area contributed by atoms with Crippen LogP contribution in [0.3, 0.4) is 0 Å². The van der Waals surface area contributed by atoms with Gasteiger partial charge in [0.25, 0.3) is 6.71 Å². The Balaban J connectivity index is 1.15. The molecular weight excluding hydrogens is 756 g/mol. The molecule has 4 heteroatoms. The average Bonchev–Trinajstić information content (AvgIpc) is 3.89. The van der Waals surface area contributed by atoms with Gasteiger partial charge < -0.3 is 9.80 Å². The van der Waals surface area contributed by atoms with Crippen molar-refractivity contribution in [2.45, 2.75) is 45.4 Å². The zero-order chi connectivity index (χ0) is 40.9. The van der Waals surface area contributed by atoms with Gasteiger partial charge in [-0.3, -0.25) is 0 Å². The highest BCUT2D eigenvalue weighted by Crippen LogP contribution is 2.64. The number of nitrogens with zero attached hydrogens (tertiary/aromatic N) is 2. The van der Waals surface area contributed by atoms with Crippen LogP contribution in [-0.4, -0.2) is 6.71 Å². The predicted molar refractivity (Wildman–Crippen MR) is 260 cm³/mol. The van der Waals surface area contributed by atoms with Gasteiger partial charge >= 0.3 is 0 Å². The van der Waals surface area contributed by atoms with Crippen LogP contribution in [0.25, 0.3) is 32.3 Å². The van der Waals surface area contributed by atoms with Gasteiger partial charge in [-0.05, 0) is 140 Å². The molecule has 0 fully saturated rings. The highest BCUT2D eigenvalue weighted by molar-refractivity contribution is 7.33. The third kappa shape index (κ3) is 4.58. The monoisotopic (exact) mass is 798 g/mol. The Labute approximate surface area is 362 Å². The third-order valence-corrected chi connectivity index (χ3v) is 15.3. The highest BCUT2D eigenvalue weighted by Gasteiger charge is 2.53. The number of benzene rings is 8. The summed E-state index contributed by atoms with van der Waals surface area (Å²) in [5, 5.41) is 1.32. The second-order valence-electron chi connectivity index (χ2n) is 18.6. The molecule has 0 amide bonds. The number of aryl methyl sites for hydroxylation is 2. The molecule has 61 heavy (non-hydrogen) atoms. The largest absolute Gasteiger partial charge is 0.311 e. The van der Waals surface area contributed by atoms with E-state index < -0.39 is 5.41 Å².